The summed E-state index contributed by atoms with van der Waals surface area (Å²) in [5, 5.41) is 3.42. The summed E-state index contributed by atoms with van der Waals surface area (Å²) >= 11 is 5.19. The van der Waals surface area contributed by atoms with Gasteiger partial charge in [-0.3, -0.25) is 9.69 Å². The van der Waals surface area contributed by atoms with E-state index in [2.05, 4.69) is 5.32 Å². The molecule has 0 unspecified atom stereocenters. The van der Waals surface area contributed by atoms with Gasteiger partial charge in [0, 0.05) is 6.54 Å². The first kappa shape index (κ1) is 16.3. The monoisotopic (exact) mass is 320 g/mol. The van der Waals surface area contributed by atoms with Crippen LogP contribution < -0.4 is 14.8 Å². The number of methoxy groups -OCH3 is 1. The molecule has 0 spiro atoms. The van der Waals surface area contributed by atoms with E-state index in [1.807, 2.05) is 32.0 Å². The Morgan fingerprint density at radius 2 is 2.09 bits per heavy atom. The van der Waals surface area contributed by atoms with Crippen LogP contribution in [0.1, 0.15) is 25.8 Å². The molecule has 0 radical (unpaired) electrons. The van der Waals surface area contributed by atoms with Crippen LogP contribution >= 0.6 is 12.2 Å². The van der Waals surface area contributed by atoms with Gasteiger partial charge in [-0.25, -0.2) is 0 Å². The lowest BCUT2D eigenvalue weighted by Gasteiger charge is -2.11. The molecule has 1 aliphatic rings. The van der Waals surface area contributed by atoms with Crippen LogP contribution in [0.2, 0.25) is 0 Å². The van der Waals surface area contributed by atoms with Crippen LogP contribution in [-0.4, -0.2) is 36.2 Å². The number of benzene rings is 1. The Kier molecular flexibility index (Phi) is 5.38. The van der Waals surface area contributed by atoms with Crippen molar-refractivity contribution < 1.29 is 14.3 Å². The lowest BCUT2D eigenvalue weighted by molar-refractivity contribution is -0.122. The number of hydrogen-bond acceptors (Lipinski definition) is 4. The molecule has 1 fully saturated rings. The molecule has 1 N–H and O–H groups in total. The van der Waals surface area contributed by atoms with E-state index in [0.29, 0.717) is 35.5 Å². The molecule has 118 valence electrons. The third-order valence-electron chi connectivity index (χ3n) is 3.21. The van der Waals surface area contributed by atoms with Crippen LogP contribution in [0.5, 0.6) is 11.5 Å². The summed E-state index contributed by atoms with van der Waals surface area (Å²) < 4.78 is 10.8. The predicted octanol–water partition coefficient (Wildman–Crippen LogP) is 2.56. The first-order valence-corrected chi connectivity index (χ1v) is 7.66. The zero-order valence-corrected chi connectivity index (χ0v) is 13.8. The number of carbonyl (C=O) groups excluding carboxylic acids is 1. The number of thiocarbonyl (C=S) groups is 1. The second kappa shape index (κ2) is 7.26. The number of ether oxygens (including phenoxy) is 2. The average Bonchev–Trinajstić information content (AvgIpc) is 2.77. The van der Waals surface area contributed by atoms with E-state index >= 15 is 0 Å². The average molecular weight is 320 g/mol. The molecular formula is C16H20N2O3S. The fourth-order valence-corrected chi connectivity index (χ4v) is 2.50. The predicted molar refractivity (Wildman–Crippen MR) is 89.9 cm³/mol. The highest BCUT2D eigenvalue weighted by atomic mass is 32.1. The first-order valence-electron chi connectivity index (χ1n) is 7.26. The van der Waals surface area contributed by atoms with E-state index < -0.39 is 0 Å². The Labute approximate surface area is 135 Å². The molecule has 22 heavy (non-hydrogen) atoms. The lowest BCUT2D eigenvalue weighted by Crippen LogP contribution is -2.31. The van der Waals surface area contributed by atoms with Crippen LogP contribution in [0.15, 0.2) is 23.9 Å². The van der Waals surface area contributed by atoms with Gasteiger partial charge in [-0.15, -0.1) is 0 Å². The molecule has 0 atom stereocenters. The number of nitrogens with zero attached hydrogens (tertiary/aromatic N) is 1. The van der Waals surface area contributed by atoms with Crippen molar-refractivity contribution in [1.29, 1.82) is 0 Å². The van der Waals surface area contributed by atoms with Gasteiger partial charge in [0.15, 0.2) is 16.6 Å². The third-order valence-corrected chi connectivity index (χ3v) is 3.53. The summed E-state index contributed by atoms with van der Waals surface area (Å²) in [6, 6.07) is 5.54. The molecule has 0 aliphatic carbocycles. The minimum atomic E-state index is -0.0975. The summed E-state index contributed by atoms with van der Waals surface area (Å²) in [6.07, 6.45) is 2.63. The van der Waals surface area contributed by atoms with E-state index in [9.17, 15) is 4.79 Å². The SMILES string of the molecule is CCCN1C(=O)/C(=C/c2ccc(OCC)c(OC)c2)NC1=S. The highest BCUT2D eigenvalue weighted by Crippen LogP contribution is 2.29. The Balaban J connectivity index is 2.26. The van der Waals surface area contributed by atoms with Crippen LogP contribution in [0, 0.1) is 0 Å². The van der Waals surface area contributed by atoms with Crippen molar-refractivity contribution in [3.05, 3.63) is 29.5 Å². The Morgan fingerprint density at radius 1 is 1.32 bits per heavy atom. The first-order chi connectivity index (χ1) is 10.6. The summed E-state index contributed by atoms with van der Waals surface area (Å²) in [4.78, 5) is 13.9. The summed E-state index contributed by atoms with van der Waals surface area (Å²) in [5.41, 5.74) is 1.32. The molecule has 1 saturated heterocycles. The summed E-state index contributed by atoms with van der Waals surface area (Å²) in [5.74, 6) is 1.22. The summed E-state index contributed by atoms with van der Waals surface area (Å²) in [7, 11) is 1.59. The minimum absolute atomic E-state index is 0.0975. The van der Waals surface area contributed by atoms with Crippen LogP contribution in [-0.2, 0) is 4.79 Å². The zero-order chi connectivity index (χ0) is 16.1. The third kappa shape index (κ3) is 3.39. The molecule has 5 nitrogen and oxygen atoms in total. The maximum absolute atomic E-state index is 12.3. The smallest absolute Gasteiger partial charge is 0.276 e. The molecule has 1 aromatic carbocycles. The number of hydrogen-bond donors (Lipinski definition) is 1. The number of carbonyl (C=O) groups is 1. The van der Waals surface area contributed by atoms with Crippen LogP contribution in [0.25, 0.3) is 6.08 Å². The zero-order valence-electron chi connectivity index (χ0n) is 13.0. The van der Waals surface area contributed by atoms with E-state index in [1.54, 1.807) is 18.1 Å². The van der Waals surface area contributed by atoms with E-state index in [1.165, 1.54) is 0 Å². The highest BCUT2D eigenvalue weighted by Gasteiger charge is 2.29. The highest BCUT2D eigenvalue weighted by molar-refractivity contribution is 7.80. The van der Waals surface area contributed by atoms with Gasteiger partial charge >= 0.3 is 0 Å². The maximum Gasteiger partial charge on any atom is 0.276 e. The van der Waals surface area contributed by atoms with Crippen molar-refractivity contribution in [2.75, 3.05) is 20.3 Å². The van der Waals surface area contributed by atoms with Gasteiger partial charge in [-0.1, -0.05) is 13.0 Å². The molecule has 0 aromatic heterocycles. The second-order valence-electron chi connectivity index (χ2n) is 4.79. The van der Waals surface area contributed by atoms with Crippen molar-refractivity contribution >= 4 is 29.3 Å². The Bertz CT molecular complexity index is 613. The number of rotatable bonds is 6. The van der Waals surface area contributed by atoms with E-state index in [-0.39, 0.29) is 5.91 Å². The molecule has 0 bridgehead atoms. The molecule has 6 heteroatoms. The van der Waals surface area contributed by atoms with Gasteiger partial charge in [0.1, 0.15) is 5.70 Å². The fourth-order valence-electron chi connectivity index (χ4n) is 2.21. The Hall–Kier alpha value is -2.08. The van der Waals surface area contributed by atoms with Gasteiger partial charge in [0.2, 0.25) is 0 Å². The number of nitrogens with one attached hydrogen (secondary N) is 1. The molecular weight excluding hydrogens is 300 g/mol. The van der Waals surface area contributed by atoms with Crippen LogP contribution in [0.3, 0.4) is 0 Å². The molecule has 1 aromatic rings. The lowest BCUT2D eigenvalue weighted by atomic mass is 10.1. The van der Waals surface area contributed by atoms with Crippen molar-refractivity contribution in [3.63, 3.8) is 0 Å². The van der Waals surface area contributed by atoms with Gasteiger partial charge in [0.25, 0.3) is 5.91 Å². The molecule has 2 rings (SSSR count). The van der Waals surface area contributed by atoms with Gasteiger partial charge < -0.3 is 14.8 Å². The standard InChI is InChI=1S/C16H20N2O3S/c1-4-8-18-15(19)12(17-16(18)22)9-11-6-7-13(21-5-2)14(10-11)20-3/h6-7,9-10H,4-5,8H2,1-3H3,(H,17,22)/b12-9-. The van der Waals surface area contributed by atoms with Gasteiger partial charge in [0.05, 0.1) is 13.7 Å². The molecule has 0 saturated carbocycles. The molecule has 1 aliphatic heterocycles. The topological polar surface area (TPSA) is 50.8 Å². The van der Waals surface area contributed by atoms with E-state index in [4.69, 9.17) is 21.7 Å². The van der Waals surface area contributed by atoms with E-state index in [0.717, 1.165) is 12.0 Å². The van der Waals surface area contributed by atoms with Gasteiger partial charge in [-0.05, 0) is 49.3 Å². The molecule has 1 heterocycles. The normalized spacial score (nSPS) is 16.1. The van der Waals surface area contributed by atoms with Crippen molar-refractivity contribution in [2.24, 2.45) is 0 Å². The van der Waals surface area contributed by atoms with Crippen molar-refractivity contribution in [2.45, 2.75) is 20.3 Å². The van der Waals surface area contributed by atoms with Crippen LogP contribution in [0.4, 0.5) is 0 Å². The van der Waals surface area contributed by atoms with Crippen molar-refractivity contribution in [1.82, 2.24) is 10.2 Å². The quantitative estimate of drug-likeness (QED) is 0.645. The van der Waals surface area contributed by atoms with Crippen molar-refractivity contribution in [3.8, 4) is 11.5 Å². The van der Waals surface area contributed by atoms with Gasteiger partial charge in [-0.2, -0.15) is 0 Å². The fraction of sp³-hybridized carbons (Fsp3) is 0.375. The Morgan fingerprint density at radius 3 is 2.73 bits per heavy atom. The largest absolute Gasteiger partial charge is 0.493 e. The minimum Gasteiger partial charge on any atom is -0.493 e. The number of amides is 1. The maximum atomic E-state index is 12.3. The second-order valence-corrected chi connectivity index (χ2v) is 5.17. The molecule has 1 amide bonds. The summed E-state index contributed by atoms with van der Waals surface area (Å²) in [6.45, 7) is 5.11.